The molecule has 204 valence electrons. The Kier molecular flexibility index (Phi) is 9.22. The molecule has 2 aromatic rings. The number of nitrogens with one attached hydrogen (secondary N) is 3. The lowest BCUT2D eigenvalue weighted by molar-refractivity contribution is 0.0361. The van der Waals surface area contributed by atoms with Gasteiger partial charge in [0.2, 0.25) is 0 Å². The first kappa shape index (κ1) is 26.7. The minimum atomic E-state index is 0.419. The van der Waals surface area contributed by atoms with Gasteiger partial charge in [0, 0.05) is 42.5 Å². The average molecular weight is 508 g/mol. The fourth-order valence-electron chi connectivity index (χ4n) is 7.76. The lowest BCUT2D eigenvalue weighted by Gasteiger charge is -2.45. The summed E-state index contributed by atoms with van der Waals surface area (Å²) in [7, 11) is 0. The Balaban J connectivity index is 1.37. The minimum Gasteiger partial charge on any atom is -0.383 e. The summed E-state index contributed by atoms with van der Waals surface area (Å²) in [5.74, 6) is 4.36. The molecule has 0 radical (unpaired) electrons. The number of aromatic nitrogens is 1. The molecule has 4 bridgehead atoms. The number of benzene rings is 1. The largest absolute Gasteiger partial charge is 0.383 e. The van der Waals surface area contributed by atoms with Crippen LogP contribution in [0.5, 0.6) is 0 Å². The van der Waals surface area contributed by atoms with E-state index in [2.05, 4.69) is 59.0 Å². The van der Waals surface area contributed by atoms with E-state index >= 15 is 0 Å². The van der Waals surface area contributed by atoms with E-state index in [1.165, 1.54) is 63.5 Å². The topological polar surface area (TPSA) is 84.2 Å². The third-order valence-electron chi connectivity index (χ3n) is 9.84. The van der Waals surface area contributed by atoms with Crippen LogP contribution in [0, 0.1) is 29.6 Å². The Bertz CT molecular complexity index is 985. The van der Waals surface area contributed by atoms with Crippen molar-refractivity contribution in [3.8, 4) is 0 Å². The van der Waals surface area contributed by atoms with E-state index in [4.69, 9.17) is 10.5 Å². The first-order valence-corrected chi connectivity index (χ1v) is 15.1. The molecular formula is C31H49N5O. The molecule has 2 aliphatic carbocycles. The second-order valence-electron chi connectivity index (χ2n) is 12.0. The van der Waals surface area contributed by atoms with Gasteiger partial charge >= 0.3 is 0 Å². The molecule has 2 saturated heterocycles. The van der Waals surface area contributed by atoms with Gasteiger partial charge in [-0.05, 0) is 104 Å². The lowest BCUT2D eigenvalue weighted by Crippen LogP contribution is -2.46. The van der Waals surface area contributed by atoms with Crippen LogP contribution < -0.4 is 21.7 Å². The number of ether oxygens (including phenoxy) is 1. The normalized spacial score (nSPS) is 33.8. The van der Waals surface area contributed by atoms with Crippen molar-refractivity contribution in [2.24, 2.45) is 29.6 Å². The predicted molar refractivity (Wildman–Crippen MR) is 155 cm³/mol. The Morgan fingerprint density at radius 1 is 1.03 bits per heavy atom. The van der Waals surface area contributed by atoms with Crippen molar-refractivity contribution in [2.45, 2.75) is 83.7 Å². The molecule has 1 aromatic heterocycles. The Hall–Kier alpha value is -1.89. The molecule has 4 aliphatic rings. The van der Waals surface area contributed by atoms with Crippen LogP contribution in [-0.4, -0.2) is 43.5 Å². The highest BCUT2D eigenvalue weighted by molar-refractivity contribution is 5.92. The van der Waals surface area contributed by atoms with Crippen molar-refractivity contribution >= 4 is 22.3 Å². The number of hydrogen-bond acceptors (Lipinski definition) is 6. The van der Waals surface area contributed by atoms with Crippen molar-refractivity contribution < 1.29 is 4.74 Å². The van der Waals surface area contributed by atoms with Gasteiger partial charge in [0.25, 0.3) is 0 Å². The van der Waals surface area contributed by atoms with Gasteiger partial charge in [0.05, 0.1) is 6.73 Å². The highest BCUT2D eigenvalue weighted by Crippen LogP contribution is 2.45. The summed E-state index contributed by atoms with van der Waals surface area (Å²) in [4.78, 5) is 4.26. The SMILES string of the molecule is CC[C@@H]1CC2C[C@@H](CC)C1CCOCN[C@@H]1CCC[C@@H](CNC[C@@H]2Nc2ccc3c(N)nccc3c2)C1. The van der Waals surface area contributed by atoms with Crippen LogP contribution in [0.3, 0.4) is 0 Å². The van der Waals surface area contributed by atoms with Gasteiger partial charge < -0.3 is 21.1 Å². The number of anilines is 2. The standard InChI is InChI=1S/C31H49N5O/c1-3-22-15-25-16-23(4-2)28(22)11-13-37-20-35-26-7-5-6-21(14-26)18-33-19-30(25)36-27-8-9-29-24(17-27)10-12-34-31(29)32/h8-10,12,17,21-23,25-26,28,30,33,35-36H,3-7,11,13-16,18-20H2,1-2H3,(H2,32,34)/t21-,22-,23-,25?,26-,28?,30+/m1/s1. The predicted octanol–water partition coefficient (Wildman–Crippen LogP) is 5.79. The molecule has 6 heteroatoms. The number of pyridine rings is 1. The first-order chi connectivity index (χ1) is 18.1. The van der Waals surface area contributed by atoms with Crippen molar-refractivity contribution in [3.63, 3.8) is 0 Å². The maximum absolute atomic E-state index is 6.15. The van der Waals surface area contributed by atoms with Gasteiger partial charge in [-0.2, -0.15) is 0 Å². The highest BCUT2D eigenvalue weighted by atomic mass is 16.5. The number of nitrogens with two attached hydrogens (primary N) is 1. The Morgan fingerprint density at radius 3 is 2.68 bits per heavy atom. The third kappa shape index (κ3) is 6.58. The van der Waals surface area contributed by atoms with Gasteiger partial charge in [0.1, 0.15) is 5.82 Å². The van der Waals surface area contributed by atoms with Gasteiger partial charge in [-0.25, -0.2) is 4.98 Å². The number of hydrogen-bond donors (Lipinski definition) is 4. The number of nitrogens with zero attached hydrogens (tertiary/aromatic N) is 1. The highest BCUT2D eigenvalue weighted by Gasteiger charge is 2.39. The Morgan fingerprint density at radius 2 is 1.86 bits per heavy atom. The minimum absolute atomic E-state index is 0.419. The van der Waals surface area contributed by atoms with E-state index in [-0.39, 0.29) is 0 Å². The van der Waals surface area contributed by atoms with Gasteiger partial charge in [-0.15, -0.1) is 0 Å². The maximum atomic E-state index is 6.15. The molecule has 3 heterocycles. The van der Waals surface area contributed by atoms with Crippen LogP contribution in [-0.2, 0) is 4.74 Å². The summed E-state index contributed by atoms with van der Waals surface area (Å²) in [5, 5.41) is 13.8. The lowest BCUT2D eigenvalue weighted by atomic mass is 9.63. The molecule has 2 aliphatic heterocycles. The second-order valence-corrected chi connectivity index (χ2v) is 12.0. The van der Waals surface area contributed by atoms with E-state index in [1.54, 1.807) is 0 Å². The molecule has 5 N–H and O–H groups in total. The zero-order valence-electron chi connectivity index (χ0n) is 23.1. The summed E-state index contributed by atoms with van der Waals surface area (Å²) < 4.78 is 6.15. The van der Waals surface area contributed by atoms with E-state index in [1.807, 2.05) is 6.20 Å². The van der Waals surface area contributed by atoms with Crippen molar-refractivity contribution in [3.05, 3.63) is 30.5 Å². The monoisotopic (exact) mass is 507 g/mol. The Labute approximate surface area is 223 Å². The summed E-state index contributed by atoms with van der Waals surface area (Å²) in [6, 6.07) is 9.65. The molecule has 5 atom stereocenters. The molecule has 6 rings (SSSR count). The summed E-state index contributed by atoms with van der Waals surface area (Å²) in [5.41, 5.74) is 7.32. The van der Waals surface area contributed by atoms with E-state index in [0.717, 1.165) is 54.1 Å². The zero-order chi connectivity index (χ0) is 25.6. The maximum Gasteiger partial charge on any atom is 0.131 e. The third-order valence-corrected chi connectivity index (χ3v) is 9.84. The quantitative estimate of drug-likeness (QED) is 0.419. The molecule has 6 nitrogen and oxygen atoms in total. The molecule has 0 amide bonds. The van der Waals surface area contributed by atoms with E-state index in [9.17, 15) is 0 Å². The van der Waals surface area contributed by atoms with Crippen molar-refractivity contribution in [2.75, 3.05) is 37.5 Å². The van der Waals surface area contributed by atoms with Crippen LogP contribution in [0.1, 0.15) is 71.6 Å². The average Bonchev–Trinajstić information content (AvgIpc) is 2.92. The van der Waals surface area contributed by atoms with Crippen LogP contribution in [0.4, 0.5) is 11.5 Å². The molecule has 37 heavy (non-hydrogen) atoms. The summed E-state index contributed by atoms with van der Waals surface area (Å²) in [6.07, 6.45) is 13.4. The smallest absolute Gasteiger partial charge is 0.131 e. The molecule has 2 saturated carbocycles. The molecule has 0 unspecified atom stereocenters. The summed E-state index contributed by atoms with van der Waals surface area (Å²) >= 11 is 0. The van der Waals surface area contributed by atoms with Gasteiger partial charge in [-0.1, -0.05) is 33.1 Å². The molecular weight excluding hydrogens is 458 g/mol. The number of rotatable bonds is 4. The van der Waals surface area contributed by atoms with Crippen LogP contribution in [0.15, 0.2) is 30.5 Å². The van der Waals surface area contributed by atoms with Crippen molar-refractivity contribution in [1.29, 1.82) is 0 Å². The molecule has 1 aromatic carbocycles. The van der Waals surface area contributed by atoms with E-state index < -0.39 is 0 Å². The fourth-order valence-corrected chi connectivity index (χ4v) is 7.76. The van der Waals surface area contributed by atoms with Gasteiger partial charge in [-0.3, -0.25) is 5.32 Å². The van der Waals surface area contributed by atoms with Crippen LogP contribution in [0.25, 0.3) is 10.8 Å². The van der Waals surface area contributed by atoms with Crippen molar-refractivity contribution in [1.82, 2.24) is 15.6 Å². The van der Waals surface area contributed by atoms with Crippen LogP contribution >= 0.6 is 0 Å². The number of fused-ring (bicyclic) bond motifs is 10. The second kappa shape index (κ2) is 12.8. The number of nitrogen functional groups attached to an aromatic ring is 1. The molecule has 4 fully saturated rings. The molecule has 0 spiro atoms. The summed E-state index contributed by atoms with van der Waals surface area (Å²) in [6.45, 7) is 8.54. The van der Waals surface area contributed by atoms with Gasteiger partial charge in [0.15, 0.2) is 0 Å². The zero-order valence-corrected chi connectivity index (χ0v) is 23.1. The first-order valence-electron chi connectivity index (χ1n) is 15.1. The van der Waals surface area contributed by atoms with E-state index in [0.29, 0.717) is 30.6 Å². The van der Waals surface area contributed by atoms with Crippen LogP contribution in [0.2, 0.25) is 0 Å². The fraction of sp³-hybridized carbons (Fsp3) is 0.710.